The predicted molar refractivity (Wildman–Crippen MR) is 106 cm³/mol. The Morgan fingerprint density at radius 2 is 1.93 bits per heavy atom. The van der Waals surface area contributed by atoms with E-state index in [0.717, 1.165) is 24.2 Å². The molecule has 1 amide bonds. The second-order valence-corrected chi connectivity index (χ2v) is 7.41. The molecule has 7 heteroatoms. The zero-order chi connectivity index (χ0) is 19.5. The van der Waals surface area contributed by atoms with Gasteiger partial charge in [0, 0.05) is 25.2 Å². The number of fused-ring (bicyclic) bond motifs is 1. The molecule has 1 atom stereocenters. The molecule has 2 heterocycles. The molecule has 4 rings (SSSR count). The van der Waals surface area contributed by atoms with Crippen LogP contribution in [0.3, 0.4) is 0 Å². The number of nitrogens with one attached hydrogen (secondary N) is 2. The van der Waals surface area contributed by atoms with E-state index in [2.05, 4.69) is 44.2 Å². The Kier molecular flexibility index (Phi) is 5.16. The SMILES string of the molecule is CC(C)C(C(=O)NCc1ccc2c(c1)CNC2)n1nnc(-c2ccccc2)n1. The third-order valence-electron chi connectivity index (χ3n) is 4.98. The lowest BCUT2D eigenvalue weighted by atomic mass is 10.0. The summed E-state index contributed by atoms with van der Waals surface area (Å²) in [4.78, 5) is 14.3. The van der Waals surface area contributed by atoms with Crippen LogP contribution in [0.4, 0.5) is 0 Å². The number of hydrogen-bond acceptors (Lipinski definition) is 5. The van der Waals surface area contributed by atoms with E-state index in [0.29, 0.717) is 12.4 Å². The van der Waals surface area contributed by atoms with Crippen LogP contribution in [-0.4, -0.2) is 26.1 Å². The summed E-state index contributed by atoms with van der Waals surface area (Å²) < 4.78 is 0. The van der Waals surface area contributed by atoms with Crippen LogP contribution in [-0.2, 0) is 24.4 Å². The fraction of sp³-hybridized carbons (Fsp3) is 0.333. The first-order chi connectivity index (χ1) is 13.6. The fourth-order valence-corrected chi connectivity index (χ4v) is 3.47. The molecule has 3 aromatic rings. The molecule has 7 nitrogen and oxygen atoms in total. The lowest BCUT2D eigenvalue weighted by Gasteiger charge is -2.19. The average molecular weight is 376 g/mol. The number of tetrazole rings is 1. The molecule has 0 fully saturated rings. The Labute approximate surface area is 164 Å². The summed E-state index contributed by atoms with van der Waals surface area (Å²) in [7, 11) is 0. The molecule has 2 aromatic carbocycles. The van der Waals surface area contributed by atoms with Crippen LogP contribution in [0.2, 0.25) is 0 Å². The van der Waals surface area contributed by atoms with Crippen molar-refractivity contribution in [3.05, 3.63) is 65.2 Å². The molecular formula is C21H24N6O. The summed E-state index contributed by atoms with van der Waals surface area (Å²) in [6.45, 7) is 6.25. The zero-order valence-corrected chi connectivity index (χ0v) is 16.1. The number of nitrogens with zero attached hydrogens (tertiary/aromatic N) is 4. The average Bonchev–Trinajstić information content (AvgIpc) is 3.36. The van der Waals surface area contributed by atoms with Crippen molar-refractivity contribution in [1.29, 1.82) is 0 Å². The van der Waals surface area contributed by atoms with Crippen molar-refractivity contribution in [3.8, 4) is 11.4 Å². The monoisotopic (exact) mass is 376 g/mol. The molecule has 0 saturated heterocycles. The van der Waals surface area contributed by atoms with Gasteiger partial charge in [-0.3, -0.25) is 4.79 Å². The Hall–Kier alpha value is -3.06. The first kappa shape index (κ1) is 18.3. The van der Waals surface area contributed by atoms with Crippen molar-refractivity contribution < 1.29 is 4.79 Å². The zero-order valence-electron chi connectivity index (χ0n) is 16.1. The van der Waals surface area contributed by atoms with E-state index in [1.54, 1.807) is 0 Å². The van der Waals surface area contributed by atoms with Gasteiger partial charge in [0.05, 0.1) is 0 Å². The maximum absolute atomic E-state index is 12.9. The topological polar surface area (TPSA) is 84.7 Å². The van der Waals surface area contributed by atoms with Gasteiger partial charge in [-0.2, -0.15) is 4.80 Å². The first-order valence-electron chi connectivity index (χ1n) is 9.56. The number of aromatic nitrogens is 4. The summed E-state index contributed by atoms with van der Waals surface area (Å²) in [6.07, 6.45) is 0. The van der Waals surface area contributed by atoms with Gasteiger partial charge in [0.25, 0.3) is 0 Å². The van der Waals surface area contributed by atoms with E-state index in [1.807, 2.05) is 44.2 Å². The number of benzene rings is 2. The van der Waals surface area contributed by atoms with Gasteiger partial charge in [-0.15, -0.1) is 10.2 Å². The summed E-state index contributed by atoms with van der Waals surface area (Å²) in [5.41, 5.74) is 4.60. The highest BCUT2D eigenvalue weighted by molar-refractivity contribution is 5.80. The fourth-order valence-electron chi connectivity index (χ4n) is 3.47. The van der Waals surface area contributed by atoms with Gasteiger partial charge < -0.3 is 10.6 Å². The minimum Gasteiger partial charge on any atom is -0.350 e. The van der Waals surface area contributed by atoms with Gasteiger partial charge in [0.1, 0.15) is 0 Å². The predicted octanol–water partition coefficient (Wildman–Crippen LogP) is 2.46. The molecule has 0 aliphatic carbocycles. The van der Waals surface area contributed by atoms with Gasteiger partial charge in [0.15, 0.2) is 6.04 Å². The Bertz CT molecular complexity index is 966. The van der Waals surface area contributed by atoms with E-state index in [-0.39, 0.29) is 11.8 Å². The van der Waals surface area contributed by atoms with Gasteiger partial charge in [-0.05, 0) is 27.8 Å². The molecule has 0 spiro atoms. The van der Waals surface area contributed by atoms with Crippen LogP contribution < -0.4 is 10.6 Å². The van der Waals surface area contributed by atoms with Crippen LogP contribution in [0, 0.1) is 5.92 Å². The molecule has 1 aromatic heterocycles. The molecular weight excluding hydrogens is 352 g/mol. The molecule has 1 unspecified atom stereocenters. The smallest absolute Gasteiger partial charge is 0.247 e. The number of rotatable bonds is 6. The van der Waals surface area contributed by atoms with Crippen molar-refractivity contribution in [1.82, 2.24) is 30.8 Å². The minimum atomic E-state index is -0.513. The molecule has 0 saturated carbocycles. The van der Waals surface area contributed by atoms with Crippen LogP contribution in [0.1, 0.15) is 36.6 Å². The van der Waals surface area contributed by atoms with Crippen molar-refractivity contribution in [2.24, 2.45) is 5.92 Å². The van der Waals surface area contributed by atoms with Crippen molar-refractivity contribution in [3.63, 3.8) is 0 Å². The number of carbonyl (C=O) groups excluding carboxylic acids is 1. The summed E-state index contributed by atoms with van der Waals surface area (Å²) in [6, 6.07) is 15.5. The Balaban J connectivity index is 1.47. The van der Waals surface area contributed by atoms with Crippen molar-refractivity contribution in [2.45, 2.75) is 39.5 Å². The molecule has 144 valence electrons. The molecule has 28 heavy (non-hydrogen) atoms. The van der Waals surface area contributed by atoms with Gasteiger partial charge in [-0.25, -0.2) is 0 Å². The Morgan fingerprint density at radius 3 is 2.71 bits per heavy atom. The molecule has 0 radical (unpaired) electrons. The van der Waals surface area contributed by atoms with Crippen LogP contribution >= 0.6 is 0 Å². The van der Waals surface area contributed by atoms with E-state index in [1.165, 1.54) is 15.9 Å². The second-order valence-electron chi connectivity index (χ2n) is 7.41. The highest BCUT2D eigenvalue weighted by atomic mass is 16.2. The summed E-state index contributed by atoms with van der Waals surface area (Å²) in [5.74, 6) is 0.442. The van der Waals surface area contributed by atoms with Crippen LogP contribution in [0.25, 0.3) is 11.4 Å². The Morgan fingerprint density at radius 1 is 1.14 bits per heavy atom. The maximum Gasteiger partial charge on any atom is 0.247 e. The molecule has 0 bridgehead atoms. The number of carbonyl (C=O) groups is 1. The maximum atomic E-state index is 12.9. The van der Waals surface area contributed by atoms with Crippen LogP contribution in [0.5, 0.6) is 0 Å². The first-order valence-corrected chi connectivity index (χ1v) is 9.56. The van der Waals surface area contributed by atoms with Gasteiger partial charge >= 0.3 is 0 Å². The van der Waals surface area contributed by atoms with E-state index in [9.17, 15) is 4.79 Å². The van der Waals surface area contributed by atoms with Gasteiger partial charge in [-0.1, -0.05) is 62.4 Å². The standard InChI is InChI=1S/C21H24N6O/c1-14(2)19(27-25-20(24-26-27)16-6-4-3-5-7-16)21(28)23-11-15-8-9-17-12-22-13-18(17)10-15/h3-10,14,19,22H,11-13H2,1-2H3,(H,23,28). The molecule has 1 aliphatic heterocycles. The quantitative estimate of drug-likeness (QED) is 0.690. The number of hydrogen-bond donors (Lipinski definition) is 2. The van der Waals surface area contributed by atoms with E-state index in [4.69, 9.17) is 0 Å². The highest BCUT2D eigenvalue weighted by Gasteiger charge is 2.27. The van der Waals surface area contributed by atoms with Crippen molar-refractivity contribution in [2.75, 3.05) is 0 Å². The third kappa shape index (κ3) is 3.80. The van der Waals surface area contributed by atoms with E-state index >= 15 is 0 Å². The van der Waals surface area contributed by atoms with Crippen LogP contribution in [0.15, 0.2) is 48.5 Å². The summed E-state index contributed by atoms with van der Waals surface area (Å²) >= 11 is 0. The molecule has 1 aliphatic rings. The van der Waals surface area contributed by atoms with Crippen molar-refractivity contribution >= 4 is 5.91 Å². The minimum absolute atomic E-state index is 0.0297. The summed E-state index contributed by atoms with van der Waals surface area (Å²) in [5, 5.41) is 19.1. The van der Waals surface area contributed by atoms with Gasteiger partial charge in [0.2, 0.25) is 11.7 Å². The molecule has 2 N–H and O–H groups in total. The third-order valence-corrected chi connectivity index (χ3v) is 4.98. The lowest BCUT2D eigenvalue weighted by molar-refractivity contribution is -0.126. The lowest BCUT2D eigenvalue weighted by Crippen LogP contribution is -2.36. The van der Waals surface area contributed by atoms with E-state index < -0.39 is 6.04 Å². The highest BCUT2D eigenvalue weighted by Crippen LogP contribution is 2.20. The number of amides is 1. The largest absolute Gasteiger partial charge is 0.350 e. The second kappa shape index (κ2) is 7.90. The normalized spacial score (nSPS) is 14.1.